The molecule has 0 amide bonds. The minimum Gasteiger partial charge on any atom is -0.362 e. The zero-order valence-electron chi connectivity index (χ0n) is 15.0. The third kappa shape index (κ3) is 4.60. The molecule has 2 bridgehead atoms. The molecule has 3 rings (SSSR count). The number of piperidine rings is 2. The Balaban J connectivity index is 1.54. The topological polar surface area (TPSA) is 27.3 Å². The number of nitrogens with zero attached hydrogens (tertiary/aromatic N) is 1. The molecule has 1 aliphatic carbocycles. The van der Waals surface area contributed by atoms with Crippen LogP contribution in [0.4, 0.5) is 0 Å². The highest BCUT2D eigenvalue weighted by molar-refractivity contribution is 7.80. The maximum absolute atomic E-state index is 5.50. The summed E-state index contributed by atoms with van der Waals surface area (Å²) in [5.41, 5.74) is 0. The van der Waals surface area contributed by atoms with E-state index in [1.807, 2.05) is 0 Å². The minimum atomic E-state index is 0.581. The van der Waals surface area contributed by atoms with Gasteiger partial charge >= 0.3 is 0 Å². The summed E-state index contributed by atoms with van der Waals surface area (Å²) in [6.07, 6.45) is 14.1. The maximum atomic E-state index is 5.50. The van der Waals surface area contributed by atoms with Crippen LogP contribution in [0.1, 0.15) is 78.1 Å². The Morgan fingerprint density at radius 3 is 2.17 bits per heavy atom. The summed E-state index contributed by atoms with van der Waals surface area (Å²) in [7, 11) is 0. The molecule has 3 fully saturated rings. The lowest BCUT2D eigenvalue weighted by molar-refractivity contribution is -0.0196. The first-order valence-electron chi connectivity index (χ1n) is 9.95. The van der Waals surface area contributed by atoms with Gasteiger partial charge in [0.25, 0.3) is 0 Å². The van der Waals surface area contributed by atoms with Crippen LogP contribution in [0.3, 0.4) is 0 Å². The number of hydrogen-bond acceptors (Lipinski definition) is 2. The van der Waals surface area contributed by atoms with Crippen molar-refractivity contribution < 1.29 is 0 Å². The second-order valence-electron chi connectivity index (χ2n) is 8.39. The van der Waals surface area contributed by atoms with Crippen molar-refractivity contribution in [1.29, 1.82) is 0 Å². The van der Waals surface area contributed by atoms with Crippen LogP contribution in [0.25, 0.3) is 0 Å². The smallest absolute Gasteiger partial charge is 0.166 e. The fraction of sp³-hybridized carbons (Fsp3) is 0.947. The third-order valence-electron chi connectivity index (χ3n) is 6.03. The number of fused-ring (bicyclic) bond motifs is 2. The first-order valence-corrected chi connectivity index (χ1v) is 10.4. The fourth-order valence-electron chi connectivity index (χ4n) is 5.04. The van der Waals surface area contributed by atoms with Crippen molar-refractivity contribution in [1.82, 2.24) is 15.5 Å². The minimum absolute atomic E-state index is 0.581. The zero-order chi connectivity index (χ0) is 16.2. The molecule has 0 radical (unpaired) electrons. The van der Waals surface area contributed by atoms with Crippen LogP contribution in [-0.2, 0) is 0 Å². The molecule has 0 spiro atoms. The van der Waals surface area contributed by atoms with Gasteiger partial charge in [-0.2, -0.15) is 0 Å². The molecule has 0 aromatic rings. The van der Waals surface area contributed by atoms with Crippen LogP contribution in [0.2, 0.25) is 0 Å². The van der Waals surface area contributed by atoms with E-state index in [4.69, 9.17) is 12.2 Å². The lowest BCUT2D eigenvalue weighted by Gasteiger charge is -2.53. The van der Waals surface area contributed by atoms with Crippen molar-refractivity contribution in [3.05, 3.63) is 0 Å². The Morgan fingerprint density at radius 1 is 0.957 bits per heavy atom. The molecular formula is C19H35N3S. The summed E-state index contributed by atoms with van der Waals surface area (Å²) in [5.74, 6) is 0.641. The Hall–Kier alpha value is -0.350. The number of hydrogen-bond donors (Lipinski definition) is 2. The normalized spacial score (nSPS) is 32.7. The maximum Gasteiger partial charge on any atom is 0.166 e. The average Bonchev–Trinajstić information content (AvgIpc) is 2.53. The number of rotatable bonds is 4. The largest absolute Gasteiger partial charge is 0.362 e. The quantitative estimate of drug-likeness (QED) is 0.763. The summed E-state index contributed by atoms with van der Waals surface area (Å²) in [5, 5.41) is 7.86. The van der Waals surface area contributed by atoms with Crippen molar-refractivity contribution in [2.75, 3.05) is 6.54 Å². The van der Waals surface area contributed by atoms with E-state index in [0.717, 1.165) is 29.8 Å². The van der Waals surface area contributed by atoms with Crippen molar-refractivity contribution in [3.63, 3.8) is 0 Å². The van der Waals surface area contributed by atoms with Gasteiger partial charge in [0.15, 0.2) is 5.11 Å². The van der Waals surface area contributed by atoms with E-state index in [9.17, 15) is 0 Å². The number of nitrogens with one attached hydrogen (secondary N) is 2. The predicted molar refractivity (Wildman–Crippen MR) is 102 cm³/mol. The lowest BCUT2D eigenvalue weighted by Crippen LogP contribution is -2.60. The van der Waals surface area contributed by atoms with Gasteiger partial charge in [0.1, 0.15) is 0 Å². The van der Waals surface area contributed by atoms with Crippen molar-refractivity contribution in [2.45, 2.75) is 102 Å². The van der Waals surface area contributed by atoms with E-state index >= 15 is 0 Å². The monoisotopic (exact) mass is 337 g/mol. The van der Waals surface area contributed by atoms with Gasteiger partial charge in [-0.25, -0.2) is 0 Å². The molecular weight excluding hydrogens is 302 g/mol. The third-order valence-corrected chi connectivity index (χ3v) is 6.30. The Morgan fingerprint density at radius 2 is 1.57 bits per heavy atom. The standard InChI is InChI=1S/C19H35N3S/c1-14(2)13-20-19(23)21-15-11-17-9-6-10-18(12-15)22(17)16-7-4-3-5-8-16/h14-18H,3-13H2,1-2H3,(H2,20,21,23)/t15?,17-,18+. The number of thiocarbonyl (C=S) groups is 1. The molecule has 3 atom stereocenters. The zero-order valence-corrected chi connectivity index (χ0v) is 15.8. The molecule has 0 aromatic carbocycles. The first kappa shape index (κ1) is 17.5. The van der Waals surface area contributed by atoms with Crippen LogP contribution in [0.5, 0.6) is 0 Å². The van der Waals surface area contributed by atoms with Crippen molar-refractivity contribution in [2.24, 2.45) is 5.92 Å². The van der Waals surface area contributed by atoms with E-state index in [-0.39, 0.29) is 0 Å². The van der Waals surface area contributed by atoms with E-state index in [1.54, 1.807) is 0 Å². The van der Waals surface area contributed by atoms with Gasteiger partial charge in [0.05, 0.1) is 0 Å². The van der Waals surface area contributed by atoms with E-state index in [1.165, 1.54) is 64.2 Å². The average molecular weight is 338 g/mol. The molecule has 2 saturated heterocycles. The second kappa shape index (κ2) is 8.15. The summed E-state index contributed by atoms with van der Waals surface area (Å²) in [6.45, 7) is 5.42. The van der Waals surface area contributed by atoms with E-state index in [0.29, 0.717) is 12.0 Å². The lowest BCUT2D eigenvalue weighted by atomic mass is 9.78. The molecule has 2 N–H and O–H groups in total. The summed E-state index contributed by atoms with van der Waals surface area (Å²) < 4.78 is 0. The summed E-state index contributed by atoms with van der Waals surface area (Å²) in [6, 6.07) is 3.07. The molecule has 1 unspecified atom stereocenters. The van der Waals surface area contributed by atoms with Crippen LogP contribution >= 0.6 is 12.2 Å². The Labute approximate surface area is 148 Å². The molecule has 2 heterocycles. The summed E-state index contributed by atoms with van der Waals surface area (Å²) >= 11 is 5.50. The van der Waals surface area contributed by atoms with E-state index in [2.05, 4.69) is 29.4 Å². The Kier molecular flexibility index (Phi) is 6.19. The highest BCUT2D eigenvalue weighted by atomic mass is 32.1. The van der Waals surface area contributed by atoms with Crippen LogP contribution < -0.4 is 10.6 Å². The molecule has 132 valence electrons. The summed E-state index contributed by atoms with van der Waals surface area (Å²) in [4.78, 5) is 2.95. The van der Waals surface area contributed by atoms with Crippen LogP contribution in [0.15, 0.2) is 0 Å². The van der Waals surface area contributed by atoms with E-state index < -0.39 is 0 Å². The first-order chi connectivity index (χ1) is 11.1. The van der Waals surface area contributed by atoms with Crippen molar-refractivity contribution in [3.8, 4) is 0 Å². The molecule has 2 aliphatic heterocycles. The SMILES string of the molecule is CC(C)CNC(=S)NC1C[C@H]2CCC[C@@H](C1)N2C1CCCCC1. The van der Waals surface area contributed by atoms with Crippen molar-refractivity contribution >= 4 is 17.3 Å². The van der Waals surface area contributed by atoms with Gasteiger partial charge in [-0.05, 0) is 56.7 Å². The molecule has 4 heteroatoms. The second-order valence-corrected chi connectivity index (χ2v) is 8.80. The molecule has 3 aliphatic rings. The Bertz CT molecular complexity index is 378. The predicted octanol–water partition coefficient (Wildman–Crippen LogP) is 3.82. The van der Waals surface area contributed by atoms with Crippen LogP contribution in [0, 0.1) is 5.92 Å². The van der Waals surface area contributed by atoms with Gasteiger partial charge in [-0.1, -0.05) is 39.5 Å². The molecule has 1 saturated carbocycles. The molecule has 23 heavy (non-hydrogen) atoms. The van der Waals surface area contributed by atoms with Crippen LogP contribution in [-0.4, -0.2) is 40.7 Å². The van der Waals surface area contributed by atoms with Gasteiger partial charge in [0, 0.05) is 30.7 Å². The fourth-order valence-corrected chi connectivity index (χ4v) is 5.29. The van der Waals surface area contributed by atoms with Gasteiger partial charge in [-0.15, -0.1) is 0 Å². The van der Waals surface area contributed by atoms with Gasteiger partial charge in [0.2, 0.25) is 0 Å². The van der Waals surface area contributed by atoms with Gasteiger partial charge in [-0.3, -0.25) is 4.90 Å². The van der Waals surface area contributed by atoms with Gasteiger partial charge < -0.3 is 10.6 Å². The molecule has 3 nitrogen and oxygen atoms in total. The molecule has 0 aromatic heterocycles. The highest BCUT2D eigenvalue weighted by Gasteiger charge is 2.41. The highest BCUT2D eigenvalue weighted by Crippen LogP contribution is 2.38.